The zero-order valence-electron chi connectivity index (χ0n) is 11.5. The summed E-state index contributed by atoms with van der Waals surface area (Å²) >= 11 is 0. The number of primary sulfonamides is 1. The van der Waals surface area contributed by atoms with E-state index in [1.165, 1.54) is 0 Å². The lowest BCUT2D eigenvalue weighted by molar-refractivity contribution is 0.236. The van der Waals surface area contributed by atoms with Gasteiger partial charge in [-0.05, 0) is 37.0 Å². The highest BCUT2D eigenvalue weighted by atomic mass is 32.2. The Morgan fingerprint density at radius 1 is 1.22 bits per heavy atom. The first kappa shape index (κ1) is 15.0. The lowest BCUT2D eigenvalue weighted by Crippen LogP contribution is -2.18. The van der Waals surface area contributed by atoms with Crippen LogP contribution in [0.2, 0.25) is 0 Å². The first-order valence-corrected chi connectivity index (χ1v) is 7.40. The van der Waals surface area contributed by atoms with Gasteiger partial charge in [0, 0.05) is 0 Å². The fraction of sp³-hybridized carbons (Fsp3) is 0.538. The van der Waals surface area contributed by atoms with E-state index in [0.29, 0.717) is 5.75 Å². The van der Waals surface area contributed by atoms with Crippen LogP contribution in [0.1, 0.15) is 40.2 Å². The van der Waals surface area contributed by atoms with Crippen molar-refractivity contribution in [3.8, 4) is 5.75 Å². The number of rotatable bonds is 3. The summed E-state index contributed by atoms with van der Waals surface area (Å²) in [6.45, 7) is 9.71. The second-order valence-corrected chi connectivity index (χ2v) is 7.15. The molecule has 1 aromatic rings. The van der Waals surface area contributed by atoms with Crippen LogP contribution in [0.4, 0.5) is 0 Å². The number of hydrogen-bond donors (Lipinski definition) is 1. The first-order chi connectivity index (χ1) is 8.01. The molecule has 4 nitrogen and oxygen atoms in total. The van der Waals surface area contributed by atoms with E-state index in [-0.39, 0.29) is 16.4 Å². The molecule has 102 valence electrons. The maximum atomic E-state index is 11.6. The first-order valence-electron chi connectivity index (χ1n) is 5.86. The van der Waals surface area contributed by atoms with Crippen molar-refractivity contribution in [2.24, 2.45) is 5.14 Å². The molecule has 18 heavy (non-hydrogen) atoms. The van der Waals surface area contributed by atoms with Crippen molar-refractivity contribution in [1.82, 2.24) is 0 Å². The molecule has 5 heteroatoms. The average Bonchev–Trinajstić information content (AvgIpc) is 2.13. The molecule has 0 aliphatic carbocycles. The minimum atomic E-state index is -3.79. The zero-order chi connectivity index (χ0) is 14.1. The van der Waals surface area contributed by atoms with Crippen LogP contribution in [-0.4, -0.2) is 14.5 Å². The summed E-state index contributed by atoms with van der Waals surface area (Å²) in [7, 11) is -3.79. The summed E-state index contributed by atoms with van der Waals surface area (Å²) in [6, 6.07) is 5.12. The molecule has 0 spiro atoms. The van der Waals surface area contributed by atoms with Gasteiger partial charge >= 0.3 is 0 Å². The maximum Gasteiger partial charge on any atom is 0.241 e. The van der Waals surface area contributed by atoms with Crippen molar-refractivity contribution in [3.63, 3.8) is 0 Å². The molecule has 0 amide bonds. The second kappa shape index (κ2) is 4.90. The van der Waals surface area contributed by atoms with Gasteiger partial charge in [-0.2, -0.15) is 0 Å². The van der Waals surface area contributed by atoms with Crippen LogP contribution in [-0.2, 0) is 15.4 Å². The van der Waals surface area contributed by atoms with Gasteiger partial charge in [0.15, 0.2) is 0 Å². The predicted octanol–water partition coefficient (Wildman–Crippen LogP) is 2.42. The lowest BCUT2D eigenvalue weighted by atomic mass is 9.87. The molecule has 0 radical (unpaired) electrons. The molecule has 1 rings (SSSR count). The highest BCUT2D eigenvalue weighted by Crippen LogP contribution is 2.30. The van der Waals surface area contributed by atoms with E-state index < -0.39 is 10.0 Å². The molecular weight excluding hydrogens is 250 g/mol. The van der Waals surface area contributed by atoms with Crippen molar-refractivity contribution in [1.29, 1.82) is 0 Å². The molecule has 0 bridgehead atoms. The third-order valence-electron chi connectivity index (χ3n) is 2.48. The average molecular weight is 271 g/mol. The van der Waals surface area contributed by atoms with Gasteiger partial charge < -0.3 is 4.74 Å². The van der Waals surface area contributed by atoms with E-state index in [9.17, 15) is 8.42 Å². The summed E-state index contributed by atoms with van der Waals surface area (Å²) in [4.78, 5) is 0.0450. The molecule has 2 N–H and O–H groups in total. The van der Waals surface area contributed by atoms with Crippen LogP contribution in [0, 0.1) is 0 Å². The number of nitrogens with two attached hydrogens (primary N) is 1. The van der Waals surface area contributed by atoms with Gasteiger partial charge in [-0.15, -0.1) is 0 Å². The number of sulfonamides is 1. The van der Waals surface area contributed by atoms with E-state index in [1.54, 1.807) is 12.1 Å². The summed E-state index contributed by atoms with van der Waals surface area (Å²) in [5.74, 6) is 0.306. The van der Waals surface area contributed by atoms with Crippen molar-refractivity contribution in [2.75, 3.05) is 0 Å². The minimum Gasteiger partial charge on any atom is -0.490 e. The quantitative estimate of drug-likeness (QED) is 0.917. The molecule has 0 aromatic heterocycles. The molecule has 0 aliphatic heterocycles. The maximum absolute atomic E-state index is 11.6. The van der Waals surface area contributed by atoms with Crippen LogP contribution >= 0.6 is 0 Å². The Kier molecular flexibility index (Phi) is 4.08. The van der Waals surface area contributed by atoms with Crippen LogP contribution in [0.15, 0.2) is 23.1 Å². The van der Waals surface area contributed by atoms with Gasteiger partial charge in [-0.3, -0.25) is 0 Å². The van der Waals surface area contributed by atoms with Crippen molar-refractivity contribution in [3.05, 3.63) is 23.8 Å². The van der Waals surface area contributed by atoms with E-state index in [1.807, 2.05) is 40.7 Å². The molecule has 0 heterocycles. The van der Waals surface area contributed by atoms with Crippen LogP contribution in [0.3, 0.4) is 0 Å². The van der Waals surface area contributed by atoms with E-state index in [4.69, 9.17) is 9.88 Å². The van der Waals surface area contributed by atoms with Gasteiger partial charge in [0.05, 0.1) is 6.10 Å². The van der Waals surface area contributed by atoms with E-state index >= 15 is 0 Å². The van der Waals surface area contributed by atoms with Crippen LogP contribution in [0.25, 0.3) is 0 Å². The van der Waals surface area contributed by atoms with Gasteiger partial charge in [0.2, 0.25) is 10.0 Å². The molecular formula is C13H21NO3S. The SMILES string of the molecule is CC(C)Oc1ccc(C(C)(C)C)cc1S(N)(=O)=O. The van der Waals surface area contributed by atoms with Crippen molar-refractivity contribution >= 4 is 10.0 Å². The largest absolute Gasteiger partial charge is 0.490 e. The molecule has 0 atom stereocenters. The van der Waals surface area contributed by atoms with Crippen LogP contribution < -0.4 is 9.88 Å². The fourth-order valence-corrected chi connectivity index (χ4v) is 2.24. The summed E-state index contributed by atoms with van der Waals surface area (Å²) < 4.78 is 28.7. The minimum absolute atomic E-state index is 0.0450. The lowest BCUT2D eigenvalue weighted by Gasteiger charge is -2.21. The fourth-order valence-electron chi connectivity index (χ4n) is 1.55. The summed E-state index contributed by atoms with van der Waals surface area (Å²) in [6.07, 6.45) is -0.106. The second-order valence-electron chi connectivity index (χ2n) is 5.62. The zero-order valence-corrected chi connectivity index (χ0v) is 12.3. The van der Waals surface area contributed by atoms with Gasteiger partial charge in [-0.25, -0.2) is 13.6 Å². The molecule has 1 aromatic carbocycles. The number of ether oxygens (including phenoxy) is 1. The predicted molar refractivity (Wildman–Crippen MR) is 72.3 cm³/mol. The highest BCUT2D eigenvalue weighted by molar-refractivity contribution is 7.89. The summed E-state index contributed by atoms with van der Waals surface area (Å²) in [5, 5.41) is 5.24. The Hall–Kier alpha value is -1.07. The molecule has 0 aliphatic rings. The Bertz CT molecular complexity index is 528. The Balaban J connectivity index is 3.40. The highest BCUT2D eigenvalue weighted by Gasteiger charge is 2.21. The molecule has 0 fully saturated rings. The third kappa shape index (κ3) is 3.71. The Morgan fingerprint density at radius 2 is 1.78 bits per heavy atom. The van der Waals surface area contributed by atoms with Crippen LogP contribution in [0.5, 0.6) is 5.75 Å². The molecule has 0 unspecified atom stereocenters. The Labute approximate surface area is 109 Å². The number of hydrogen-bond acceptors (Lipinski definition) is 3. The molecule has 0 saturated heterocycles. The molecule has 0 saturated carbocycles. The monoisotopic (exact) mass is 271 g/mol. The van der Waals surface area contributed by atoms with Gasteiger partial charge in [0.25, 0.3) is 0 Å². The summed E-state index contributed by atoms with van der Waals surface area (Å²) in [5.41, 5.74) is 0.762. The van der Waals surface area contributed by atoms with E-state index in [2.05, 4.69) is 0 Å². The van der Waals surface area contributed by atoms with Crippen molar-refractivity contribution in [2.45, 2.75) is 51.0 Å². The topological polar surface area (TPSA) is 69.4 Å². The van der Waals surface area contributed by atoms with Gasteiger partial charge in [-0.1, -0.05) is 26.8 Å². The van der Waals surface area contributed by atoms with E-state index in [0.717, 1.165) is 5.56 Å². The van der Waals surface area contributed by atoms with Crippen molar-refractivity contribution < 1.29 is 13.2 Å². The Morgan fingerprint density at radius 3 is 2.17 bits per heavy atom. The number of benzene rings is 1. The normalized spacial score (nSPS) is 12.8. The van der Waals surface area contributed by atoms with Gasteiger partial charge in [0.1, 0.15) is 10.6 Å². The standard InChI is InChI=1S/C13H21NO3S/c1-9(2)17-11-7-6-10(13(3,4)5)8-12(11)18(14,15)16/h6-9H,1-5H3,(H2,14,15,16). The third-order valence-corrected chi connectivity index (χ3v) is 3.41. The smallest absolute Gasteiger partial charge is 0.241 e.